The zero-order chi connectivity index (χ0) is 14.5. The summed E-state index contributed by atoms with van der Waals surface area (Å²) in [5.41, 5.74) is 6.30. The van der Waals surface area contributed by atoms with Crippen LogP contribution in [0.2, 0.25) is 0 Å². The lowest BCUT2D eigenvalue weighted by Gasteiger charge is -2.07. The molecule has 0 aliphatic rings. The number of rotatable bonds is 3. The first kappa shape index (κ1) is 13.3. The van der Waals surface area contributed by atoms with Gasteiger partial charge in [-0.25, -0.2) is 9.78 Å². The van der Waals surface area contributed by atoms with Crippen LogP contribution in [0, 0.1) is 11.3 Å². The van der Waals surface area contributed by atoms with Gasteiger partial charge in [-0.3, -0.25) is 0 Å². The van der Waals surface area contributed by atoms with E-state index in [1.807, 2.05) is 6.07 Å². The van der Waals surface area contributed by atoms with Crippen molar-refractivity contribution in [2.75, 3.05) is 12.8 Å². The summed E-state index contributed by atoms with van der Waals surface area (Å²) >= 11 is 0. The molecule has 0 atom stereocenters. The van der Waals surface area contributed by atoms with Crippen LogP contribution in [-0.4, -0.2) is 23.0 Å². The molecule has 0 aliphatic heterocycles. The third kappa shape index (κ3) is 2.81. The summed E-state index contributed by atoms with van der Waals surface area (Å²) in [6.45, 7) is 0. The molecule has 0 bridgehead atoms. The molecule has 0 fully saturated rings. The Hall–Kier alpha value is -3.14. The zero-order valence-electron chi connectivity index (χ0n) is 10.5. The van der Waals surface area contributed by atoms with Gasteiger partial charge in [0.25, 0.3) is 0 Å². The summed E-state index contributed by atoms with van der Waals surface area (Å²) < 4.78 is 9.97. The molecule has 7 nitrogen and oxygen atoms in total. The van der Waals surface area contributed by atoms with E-state index in [2.05, 4.69) is 14.7 Å². The van der Waals surface area contributed by atoms with E-state index in [-0.39, 0.29) is 23.0 Å². The van der Waals surface area contributed by atoms with Crippen LogP contribution in [0.1, 0.15) is 16.2 Å². The normalized spacial score (nSPS) is 9.60. The molecule has 0 unspecified atom stereocenters. The van der Waals surface area contributed by atoms with Gasteiger partial charge in [-0.05, 0) is 18.2 Å². The minimum atomic E-state index is -0.673. The maximum atomic E-state index is 11.3. The number of carbonyl (C=O) groups is 1. The first-order valence-electron chi connectivity index (χ1n) is 5.53. The van der Waals surface area contributed by atoms with Gasteiger partial charge in [-0.1, -0.05) is 0 Å². The first-order valence-corrected chi connectivity index (χ1v) is 5.53. The Morgan fingerprint density at radius 3 is 2.90 bits per heavy atom. The number of benzene rings is 1. The van der Waals surface area contributed by atoms with Crippen molar-refractivity contribution in [3.63, 3.8) is 0 Å². The van der Waals surface area contributed by atoms with E-state index in [0.29, 0.717) is 5.69 Å². The molecular formula is C13H10N4O3. The Bertz CT molecular complexity index is 694. The van der Waals surface area contributed by atoms with Gasteiger partial charge in [-0.15, -0.1) is 0 Å². The third-order valence-electron chi connectivity index (χ3n) is 2.34. The van der Waals surface area contributed by atoms with Gasteiger partial charge in [-0.2, -0.15) is 10.2 Å². The van der Waals surface area contributed by atoms with Crippen LogP contribution in [0.5, 0.6) is 11.6 Å². The average molecular weight is 270 g/mol. The van der Waals surface area contributed by atoms with Crippen molar-refractivity contribution in [1.29, 1.82) is 5.26 Å². The fourth-order valence-corrected chi connectivity index (χ4v) is 1.43. The monoisotopic (exact) mass is 270 g/mol. The Labute approximate surface area is 114 Å². The van der Waals surface area contributed by atoms with E-state index in [0.717, 1.165) is 0 Å². The molecule has 100 valence electrons. The van der Waals surface area contributed by atoms with Gasteiger partial charge in [0.15, 0.2) is 0 Å². The lowest BCUT2D eigenvalue weighted by atomic mass is 10.2. The number of nitrogens with two attached hydrogens (primary N) is 1. The Morgan fingerprint density at radius 1 is 1.40 bits per heavy atom. The minimum absolute atomic E-state index is 0.126. The van der Waals surface area contributed by atoms with Crippen molar-refractivity contribution < 1.29 is 14.3 Å². The van der Waals surface area contributed by atoms with Crippen LogP contribution in [0.3, 0.4) is 0 Å². The number of nitrogens with zero attached hydrogens (tertiary/aromatic N) is 3. The van der Waals surface area contributed by atoms with Crippen molar-refractivity contribution in [1.82, 2.24) is 9.97 Å². The summed E-state index contributed by atoms with van der Waals surface area (Å²) in [7, 11) is 1.23. The summed E-state index contributed by atoms with van der Waals surface area (Å²) in [6, 6.07) is 8.06. The summed E-state index contributed by atoms with van der Waals surface area (Å²) in [4.78, 5) is 19.0. The molecule has 2 rings (SSSR count). The second-order valence-corrected chi connectivity index (χ2v) is 3.68. The lowest BCUT2D eigenvalue weighted by molar-refractivity contribution is 0.0585. The Balaban J connectivity index is 2.31. The van der Waals surface area contributed by atoms with Crippen LogP contribution >= 0.6 is 0 Å². The zero-order valence-corrected chi connectivity index (χ0v) is 10.5. The predicted octanol–water partition coefficient (Wildman–Crippen LogP) is 1.51. The maximum Gasteiger partial charge on any atom is 0.376 e. The van der Waals surface area contributed by atoms with Crippen LogP contribution in [0.15, 0.2) is 30.5 Å². The van der Waals surface area contributed by atoms with Gasteiger partial charge < -0.3 is 15.2 Å². The Kier molecular flexibility index (Phi) is 3.77. The quantitative estimate of drug-likeness (QED) is 0.664. The molecule has 0 amide bonds. The van der Waals surface area contributed by atoms with Crippen LogP contribution < -0.4 is 10.5 Å². The maximum absolute atomic E-state index is 11.3. The third-order valence-corrected chi connectivity index (χ3v) is 2.34. The average Bonchev–Trinajstić information content (AvgIpc) is 2.48. The topological polar surface area (TPSA) is 111 Å². The highest BCUT2D eigenvalue weighted by Gasteiger charge is 2.12. The smallest absolute Gasteiger partial charge is 0.376 e. The van der Waals surface area contributed by atoms with E-state index < -0.39 is 5.97 Å². The fraction of sp³-hybridized carbons (Fsp3) is 0.0769. The van der Waals surface area contributed by atoms with E-state index in [4.69, 9.17) is 15.7 Å². The highest BCUT2D eigenvalue weighted by Crippen LogP contribution is 2.25. The molecule has 7 heteroatoms. The summed E-state index contributed by atoms with van der Waals surface area (Å²) in [6.07, 6.45) is 1.36. The predicted molar refractivity (Wildman–Crippen MR) is 69.0 cm³/mol. The number of carbonyl (C=O) groups excluding carboxylic acids is 1. The van der Waals surface area contributed by atoms with E-state index in [1.165, 1.54) is 25.4 Å². The van der Waals surface area contributed by atoms with Crippen LogP contribution in [-0.2, 0) is 4.74 Å². The first-order chi connectivity index (χ1) is 9.63. The number of hydrogen-bond donors (Lipinski definition) is 1. The van der Waals surface area contributed by atoms with Crippen molar-refractivity contribution in [2.45, 2.75) is 0 Å². The molecule has 0 aliphatic carbocycles. The molecule has 2 aromatic rings. The van der Waals surface area contributed by atoms with Gasteiger partial charge in [0.2, 0.25) is 11.7 Å². The number of methoxy groups -OCH3 is 1. The van der Waals surface area contributed by atoms with Gasteiger partial charge in [0.05, 0.1) is 12.7 Å². The number of anilines is 1. The van der Waals surface area contributed by atoms with Crippen molar-refractivity contribution in [2.24, 2.45) is 0 Å². The molecule has 2 N–H and O–H groups in total. The number of nitriles is 1. The molecule has 0 saturated heterocycles. The molecule has 1 heterocycles. The van der Waals surface area contributed by atoms with E-state index in [9.17, 15) is 4.79 Å². The van der Waals surface area contributed by atoms with Gasteiger partial charge >= 0.3 is 5.97 Å². The molecule has 0 spiro atoms. The van der Waals surface area contributed by atoms with Crippen LogP contribution in [0.25, 0.3) is 0 Å². The van der Waals surface area contributed by atoms with E-state index >= 15 is 0 Å². The van der Waals surface area contributed by atoms with Crippen molar-refractivity contribution in [3.8, 4) is 17.7 Å². The number of nitrogen functional groups attached to an aromatic ring is 1. The second kappa shape index (κ2) is 5.67. The highest BCUT2D eigenvalue weighted by atomic mass is 16.5. The molecule has 1 aromatic heterocycles. The second-order valence-electron chi connectivity index (χ2n) is 3.68. The number of esters is 1. The van der Waals surface area contributed by atoms with Gasteiger partial charge in [0.1, 0.15) is 11.8 Å². The number of hydrogen-bond acceptors (Lipinski definition) is 7. The summed E-state index contributed by atoms with van der Waals surface area (Å²) in [5, 5.41) is 9.01. The van der Waals surface area contributed by atoms with E-state index in [1.54, 1.807) is 12.1 Å². The molecule has 1 aromatic carbocycles. The van der Waals surface area contributed by atoms with Crippen molar-refractivity contribution >= 4 is 11.7 Å². The number of ether oxygens (including phenoxy) is 2. The summed E-state index contributed by atoms with van der Waals surface area (Å²) in [5.74, 6) is -0.384. The molecule has 20 heavy (non-hydrogen) atoms. The molecular weight excluding hydrogens is 260 g/mol. The van der Waals surface area contributed by atoms with Crippen LogP contribution in [0.4, 0.5) is 5.69 Å². The Morgan fingerprint density at radius 2 is 2.20 bits per heavy atom. The number of aromatic nitrogens is 2. The molecule has 0 radical (unpaired) electrons. The lowest BCUT2D eigenvalue weighted by Crippen LogP contribution is -2.07. The largest absolute Gasteiger partial charge is 0.463 e. The van der Waals surface area contributed by atoms with Crippen molar-refractivity contribution in [3.05, 3.63) is 41.9 Å². The highest BCUT2D eigenvalue weighted by molar-refractivity contribution is 5.85. The molecule has 0 saturated carbocycles. The fourth-order valence-electron chi connectivity index (χ4n) is 1.43. The SMILES string of the molecule is COC(=O)c1nccc(Oc2ccc(N)cc2C#N)n1. The van der Waals surface area contributed by atoms with Gasteiger partial charge in [0, 0.05) is 18.0 Å². The minimum Gasteiger partial charge on any atom is -0.463 e. The standard InChI is InChI=1S/C13H10N4O3/c1-19-13(18)12-16-5-4-11(17-12)20-10-3-2-9(15)6-8(10)7-14/h2-6H,15H2,1H3.